The van der Waals surface area contributed by atoms with Gasteiger partial charge in [-0.25, -0.2) is 9.69 Å². The molecule has 3 amide bonds. The lowest BCUT2D eigenvalue weighted by molar-refractivity contribution is -0.144. The van der Waals surface area contributed by atoms with Crippen LogP contribution in [-0.4, -0.2) is 44.1 Å². The predicted molar refractivity (Wildman–Crippen MR) is 103 cm³/mol. The highest BCUT2D eigenvalue weighted by atomic mass is 79.9. The Morgan fingerprint density at radius 2 is 1.92 bits per heavy atom. The Morgan fingerprint density at radius 1 is 1.27 bits per heavy atom. The van der Waals surface area contributed by atoms with E-state index in [4.69, 9.17) is 12.2 Å². The van der Waals surface area contributed by atoms with Crippen molar-refractivity contribution in [2.45, 2.75) is 19.9 Å². The second-order valence-corrected chi connectivity index (χ2v) is 8.14. The average Bonchev–Trinajstić information content (AvgIpc) is 2.99. The van der Waals surface area contributed by atoms with Gasteiger partial charge in [-0.1, -0.05) is 39.9 Å². The van der Waals surface area contributed by atoms with Gasteiger partial charge in [-0.05, 0) is 25.1 Å². The normalized spacial score (nSPS) is 20.7. The summed E-state index contributed by atoms with van der Waals surface area (Å²) in [7, 11) is 0. The van der Waals surface area contributed by atoms with E-state index < -0.39 is 29.7 Å². The quantitative estimate of drug-likeness (QED) is 0.541. The number of halogens is 1. The van der Waals surface area contributed by atoms with Crippen molar-refractivity contribution in [2.75, 3.05) is 4.90 Å². The minimum Gasteiger partial charge on any atom is -0.480 e. The number of carbonyl (C=O) groups excluding carboxylic acids is 3. The van der Waals surface area contributed by atoms with Crippen molar-refractivity contribution in [1.29, 1.82) is 0 Å². The lowest BCUT2D eigenvalue weighted by atomic mass is 10.1. The number of carboxylic acids is 1. The van der Waals surface area contributed by atoms with E-state index in [2.05, 4.69) is 15.9 Å². The summed E-state index contributed by atoms with van der Waals surface area (Å²) in [4.78, 5) is 50.8. The van der Waals surface area contributed by atoms with E-state index >= 15 is 0 Å². The summed E-state index contributed by atoms with van der Waals surface area (Å²) >= 11 is 9.32. The van der Waals surface area contributed by atoms with E-state index in [9.17, 15) is 24.3 Å². The van der Waals surface area contributed by atoms with Crippen LogP contribution in [0.4, 0.5) is 5.69 Å². The Morgan fingerprint density at radius 3 is 2.50 bits per heavy atom. The van der Waals surface area contributed by atoms with Gasteiger partial charge in [0.25, 0.3) is 11.8 Å². The molecule has 26 heavy (non-hydrogen) atoms. The van der Waals surface area contributed by atoms with E-state index in [1.54, 1.807) is 18.2 Å². The van der Waals surface area contributed by atoms with Crippen LogP contribution in [0.1, 0.15) is 19.4 Å². The first-order valence-corrected chi connectivity index (χ1v) is 9.34. The maximum atomic E-state index is 12.9. The molecule has 134 valence electrons. The fourth-order valence-electron chi connectivity index (χ4n) is 2.75. The Balaban J connectivity index is 2.20. The zero-order valence-electron chi connectivity index (χ0n) is 13.5. The molecule has 1 N–H and O–H groups in total. The highest BCUT2D eigenvalue weighted by Gasteiger charge is 2.45. The third-order valence-corrected chi connectivity index (χ3v) is 5.87. The second-order valence-electron chi connectivity index (χ2n) is 5.58. The number of benzene rings is 1. The molecule has 2 aliphatic heterocycles. The molecular formula is C16H11BrN2O5S2. The van der Waals surface area contributed by atoms with Gasteiger partial charge in [0, 0.05) is 17.0 Å². The van der Waals surface area contributed by atoms with E-state index in [0.717, 1.165) is 21.6 Å². The topological polar surface area (TPSA) is 95.0 Å². The monoisotopic (exact) mass is 454 g/mol. The maximum Gasteiger partial charge on any atom is 0.326 e. The number of hydrogen-bond acceptors (Lipinski definition) is 6. The highest BCUT2D eigenvalue weighted by Crippen LogP contribution is 2.45. The number of anilines is 1. The summed E-state index contributed by atoms with van der Waals surface area (Å²) < 4.78 is 0.722. The Hall–Kier alpha value is -2.04. The van der Waals surface area contributed by atoms with Crippen LogP contribution in [0.15, 0.2) is 27.6 Å². The molecule has 1 aromatic carbocycles. The van der Waals surface area contributed by atoms with Crippen molar-refractivity contribution >= 4 is 79.2 Å². The number of amides is 3. The molecule has 1 atom stereocenters. The Labute approximate surface area is 166 Å². The summed E-state index contributed by atoms with van der Waals surface area (Å²) in [5.41, 5.74) is 0.842. The van der Waals surface area contributed by atoms with Gasteiger partial charge in [-0.15, -0.1) is 0 Å². The maximum absolute atomic E-state index is 12.9. The van der Waals surface area contributed by atoms with Gasteiger partial charge in [-0.3, -0.25) is 19.3 Å². The number of imide groups is 1. The number of hydrogen-bond donors (Lipinski definition) is 1. The van der Waals surface area contributed by atoms with E-state index in [-0.39, 0.29) is 14.8 Å². The molecule has 0 radical (unpaired) electrons. The molecule has 1 aromatic rings. The minimum absolute atomic E-state index is 0.0243. The van der Waals surface area contributed by atoms with Gasteiger partial charge in [-0.2, -0.15) is 0 Å². The average molecular weight is 455 g/mol. The van der Waals surface area contributed by atoms with Crippen molar-refractivity contribution in [1.82, 2.24) is 4.90 Å². The second kappa shape index (κ2) is 6.60. The zero-order chi connectivity index (χ0) is 19.3. The van der Waals surface area contributed by atoms with Crippen LogP contribution in [0.3, 0.4) is 0 Å². The molecular weight excluding hydrogens is 444 g/mol. The van der Waals surface area contributed by atoms with Crippen molar-refractivity contribution in [3.05, 3.63) is 33.1 Å². The number of fused-ring (bicyclic) bond motifs is 1. The SMILES string of the molecule is CC(=O)N1C(=O)/C(=C2\SC(=S)N(C(C)C(=O)O)C2=O)c2cc(Br)ccc21. The number of aliphatic carboxylic acids is 1. The van der Waals surface area contributed by atoms with Crippen LogP contribution >= 0.6 is 39.9 Å². The van der Waals surface area contributed by atoms with E-state index in [0.29, 0.717) is 15.7 Å². The number of rotatable bonds is 2. The summed E-state index contributed by atoms with van der Waals surface area (Å²) in [6, 6.07) is 3.76. The molecule has 0 aliphatic carbocycles. The first-order valence-electron chi connectivity index (χ1n) is 7.32. The number of thioether (sulfide) groups is 1. The molecule has 0 bridgehead atoms. The lowest BCUT2D eigenvalue weighted by Gasteiger charge is -2.18. The molecule has 10 heteroatoms. The molecule has 2 heterocycles. The molecule has 0 saturated carbocycles. The molecule has 0 aromatic heterocycles. The van der Waals surface area contributed by atoms with Crippen LogP contribution in [0.2, 0.25) is 0 Å². The summed E-state index contributed by atoms with van der Waals surface area (Å²) in [5, 5.41) is 9.19. The van der Waals surface area contributed by atoms with Gasteiger partial charge in [0.15, 0.2) is 0 Å². The largest absolute Gasteiger partial charge is 0.480 e. The van der Waals surface area contributed by atoms with Gasteiger partial charge < -0.3 is 5.11 Å². The Bertz CT molecular complexity index is 943. The van der Waals surface area contributed by atoms with Crippen molar-refractivity contribution in [2.24, 2.45) is 0 Å². The van der Waals surface area contributed by atoms with Crippen LogP contribution in [-0.2, 0) is 19.2 Å². The molecule has 1 unspecified atom stereocenters. The fourth-order valence-corrected chi connectivity index (χ4v) is 4.60. The number of thiocarbonyl (C=S) groups is 1. The first-order chi connectivity index (χ1) is 12.1. The molecule has 3 rings (SSSR count). The van der Waals surface area contributed by atoms with Gasteiger partial charge in [0.2, 0.25) is 5.91 Å². The Kier molecular flexibility index (Phi) is 4.76. The van der Waals surface area contributed by atoms with Gasteiger partial charge in [0.1, 0.15) is 10.4 Å². The van der Waals surface area contributed by atoms with Crippen LogP contribution in [0, 0.1) is 0 Å². The van der Waals surface area contributed by atoms with Crippen molar-refractivity contribution in [3.63, 3.8) is 0 Å². The van der Waals surface area contributed by atoms with Crippen LogP contribution in [0.25, 0.3) is 5.57 Å². The summed E-state index contributed by atoms with van der Waals surface area (Å²) in [6.45, 7) is 2.59. The number of carboxylic acid groups (broad SMARTS) is 1. The number of carbonyl (C=O) groups is 4. The highest BCUT2D eigenvalue weighted by molar-refractivity contribution is 9.10. The third kappa shape index (κ3) is 2.78. The van der Waals surface area contributed by atoms with Crippen LogP contribution < -0.4 is 4.90 Å². The third-order valence-electron chi connectivity index (χ3n) is 3.97. The summed E-state index contributed by atoms with van der Waals surface area (Å²) in [5.74, 6) is -2.98. The molecule has 2 aliphatic rings. The zero-order valence-corrected chi connectivity index (χ0v) is 16.7. The van der Waals surface area contributed by atoms with E-state index in [1.165, 1.54) is 13.8 Å². The smallest absolute Gasteiger partial charge is 0.326 e. The van der Waals surface area contributed by atoms with Gasteiger partial charge in [0.05, 0.1) is 16.2 Å². The fraction of sp³-hybridized carbons (Fsp3) is 0.188. The first kappa shape index (κ1) is 18.7. The molecule has 0 spiro atoms. The molecule has 1 saturated heterocycles. The van der Waals surface area contributed by atoms with E-state index in [1.807, 2.05) is 0 Å². The van der Waals surface area contributed by atoms with Crippen LogP contribution in [0.5, 0.6) is 0 Å². The number of nitrogens with zero attached hydrogens (tertiary/aromatic N) is 2. The lowest BCUT2D eigenvalue weighted by Crippen LogP contribution is -2.41. The summed E-state index contributed by atoms with van der Waals surface area (Å²) in [6.07, 6.45) is 0. The van der Waals surface area contributed by atoms with Crippen molar-refractivity contribution in [3.8, 4) is 0 Å². The van der Waals surface area contributed by atoms with Gasteiger partial charge >= 0.3 is 5.97 Å². The minimum atomic E-state index is -1.21. The predicted octanol–water partition coefficient (Wildman–Crippen LogP) is 2.39. The molecule has 7 nitrogen and oxygen atoms in total. The van der Waals surface area contributed by atoms with Crippen molar-refractivity contribution < 1.29 is 24.3 Å². The molecule has 1 fully saturated rings. The standard InChI is InChI=1S/C16H11BrN2O5S2/c1-6(15(23)24)18-14(22)12(26-16(18)25)11-9-5-8(17)3-4-10(9)19(7(2)20)13(11)21/h3-6H,1-2H3,(H,23,24)/b12-11-.